The summed E-state index contributed by atoms with van der Waals surface area (Å²) in [5.74, 6) is -0.0246. The third kappa shape index (κ3) is 2.99. The van der Waals surface area contributed by atoms with Crippen molar-refractivity contribution in [3.8, 4) is 5.75 Å². The summed E-state index contributed by atoms with van der Waals surface area (Å²) in [5.41, 5.74) is -0.387. The molecule has 0 saturated carbocycles. The minimum atomic E-state index is -0.387. The zero-order valence-electron chi connectivity index (χ0n) is 7.68. The quantitative estimate of drug-likeness (QED) is 0.744. The summed E-state index contributed by atoms with van der Waals surface area (Å²) in [4.78, 5) is 0. The highest BCUT2D eigenvalue weighted by molar-refractivity contribution is 9.09. The molecular formula is C10H12BrFO. The van der Waals surface area contributed by atoms with E-state index in [4.69, 9.17) is 4.74 Å². The lowest BCUT2D eigenvalue weighted by Gasteiger charge is -2.24. The summed E-state index contributed by atoms with van der Waals surface area (Å²) in [6, 6.07) is 6.41. The average Bonchev–Trinajstić information content (AvgIpc) is 2.09. The van der Waals surface area contributed by atoms with Gasteiger partial charge in [0, 0.05) is 5.33 Å². The van der Waals surface area contributed by atoms with Crippen LogP contribution in [0.3, 0.4) is 0 Å². The molecule has 0 aliphatic carbocycles. The average molecular weight is 247 g/mol. The lowest BCUT2D eigenvalue weighted by atomic mass is 10.2. The van der Waals surface area contributed by atoms with Crippen molar-refractivity contribution in [1.29, 1.82) is 0 Å². The highest BCUT2D eigenvalue weighted by Crippen LogP contribution is 2.22. The molecule has 0 unspecified atom stereocenters. The number of hydrogen-bond acceptors (Lipinski definition) is 1. The Kier molecular flexibility index (Phi) is 3.31. The van der Waals surface area contributed by atoms with Gasteiger partial charge in [0.15, 0.2) is 11.6 Å². The van der Waals surface area contributed by atoms with Crippen LogP contribution in [-0.2, 0) is 0 Å². The van der Waals surface area contributed by atoms with Crippen LogP contribution in [0.15, 0.2) is 24.3 Å². The van der Waals surface area contributed by atoms with Crippen molar-refractivity contribution in [3.05, 3.63) is 30.1 Å². The maximum Gasteiger partial charge on any atom is 0.165 e. The highest BCUT2D eigenvalue weighted by atomic mass is 79.9. The predicted molar refractivity (Wildman–Crippen MR) is 54.9 cm³/mol. The van der Waals surface area contributed by atoms with Gasteiger partial charge in [0.25, 0.3) is 0 Å². The second kappa shape index (κ2) is 4.09. The van der Waals surface area contributed by atoms with Gasteiger partial charge in [-0.25, -0.2) is 4.39 Å². The van der Waals surface area contributed by atoms with Crippen LogP contribution in [0.4, 0.5) is 4.39 Å². The molecule has 13 heavy (non-hydrogen) atoms. The fourth-order valence-electron chi connectivity index (χ4n) is 0.852. The molecule has 1 aromatic carbocycles. The van der Waals surface area contributed by atoms with Gasteiger partial charge >= 0.3 is 0 Å². The Bertz CT molecular complexity index is 286. The van der Waals surface area contributed by atoms with Crippen molar-refractivity contribution >= 4 is 15.9 Å². The largest absolute Gasteiger partial charge is 0.484 e. The zero-order valence-corrected chi connectivity index (χ0v) is 9.27. The smallest absolute Gasteiger partial charge is 0.165 e. The van der Waals surface area contributed by atoms with E-state index in [1.165, 1.54) is 6.07 Å². The normalized spacial score (nSPS) is 11.4. The molecule has 0 aliphatic rings. The predicted octanol–water partition coefficient (Wildman–Crippen LogP) is 3.38. The first-order valence-electron chi connectivity index (χ1n) is 4.05. The standard InChI is InChI=1S/C10H12BrFO/c1-10(2,7-11)13-9-6-4-3-5-8(9)12/h3-6H,7H2,1-2H3. The molecule has 0 aliphatic heterocycles. The van der Waals surface area contributed by atoms with Gasteiger partial charge in [-0.3, -0.25) is 0 Å². The molecule has 0 amide bonds. The molecule has 0 aromatic heterocycles. The van der Waals surface area contributed by atoms with Gasteiger partial charge in [-0.1, -0.05) is 28.1 Å². The van der Waals surface area contributed by atoms with Crippen LogP contribution < -0.4 is 4.74 Å². The molecule has 0 fully saturated rings. The highest BCUT2D eigenvalue weighted by Gasteiger charge is 2.19. The molecular weight excluding hydrogens is 235 g/mol. The zero-order chi connectivity index (χ0) is 9.90. The van der Waals surface area contributed by atoms with Crippen molar-refractivity contribution in [3.63, 3.8) is 0 Å². The van der Waals surface area contributed by atoms with Crippen molar-refractivity contribution in [2.24, 2.45) is 0 Å². The number of ether oxygens (including phenoxy) is 1. The number of halogens is 2. The van der Waals surface area contributed by atoms with Gasteiger partial charge in [0.05, 0.1) is 0 Å². The molecule has 0 atom stereocenters. The molecule has 0 bridgehead atoms. The van der Waals surface area contributed by atoms with E-state index in [1.54, 1.807) is 18.2 Å². The van der Waals surface area contributed by atoms with Crippen LogP contribution in [0, 0.1) is 5.82 Å². The summed E-state index contributed by atoms with van der Waals surface area (Å²) in [6.07, 6.45) is 0. The van der Waals surface area contributed by atoms with Gasteiger partial charge in [-0.15, -0.1) is 0 Å². The minimum Gasteiger partial charge on any atom is -0.484 e. The molecule has 1 nitrogen and oxygen atoms in total. The Morgan fingerprint density at radius 3 is 2.54 bits per heavy atom. The topological polar surface area (TPSA) is 9.23 Å². The Labute approximate surface area is 86.0 Å². The molecule has 72 valence electrons. The van der Waals surface area contributed by atoms with Crippen LogP contribution in [0.5, 0.6) is 5.75 Å². The van der Waals surface area contributed by atoms with E-state index in [-0.39, 0.29) is 11.4 Å². The minimum absolute atomic E-state index is 0.298. The third-order valence-corrected chi connectivity index (χ3v) is 2.90. The van der Waals surface area contributed by atoms with Crippen LogP contribution in [-0.4, -0.2) is 10.9 Å². The van der Waals surface area contributed by atoms with Gasteiger partial charge < -0.3 is 4.74 Å². The summed E-state index contributed by atoms with van der Waals surface area (Å²) >= 11 is 3.31. The molecule has 0 saturated heterocycles. The van der Waals surface area contributed by atoms with Crippen LogP contribution >= 0.6 is 15.9 Å². The van der Waals surface area contributed by atoms with Gasteiger partial charge in [0.1, 0.15) is 5.60 Å². The lowest BCUT2D eigenvalue weighted by molar-refractivity contribution is 0.130. The second-order valence-electron chi connectivity index (χ2n) is 3.43. The number of benzene rings is 1. The molecule has 0 N–H and O–H groups in total. The summed E-state index contributed by atoms with van der Waals surface area (Å²) in [5, 5.41) is 0.661. The molecule has 3 heteroatoms. The first kappa shape index (κ1) is 10.5. The van der Waals surface area contributed by atoms with E-state index in [0.717, 1.165) is 0 Å². The van der Waals surface area contributed by atoms with Gasteiger partial charge in [0.2, 0.25) is 0 Å². The van der Waals surface area contributed by atoms with E-state index < -0.39 is 0 Å². The SMILES string of the molecule is CC(C)(CBr)Oc1ccccc1F. The Hall–Kier alpha value is -0.570. The molecule has 0 heterocycles. The van der Waals surface area contributed by atoms with Crippen LogP contribution in [0.2, 0.25) is 0 Å². The van der Waals surface area contributed by atoms with E-state index in [1.807, 2.05) is 13.8 Å². The summed E-state index contributed by atoms with van der Waals surface area (Å²) in [7, 11) is 0. The molecule has 1 aromatic rings. The van der Waals surface area contributed by atoms with Crippen molar-refractivity contribution in [2.75, 3.05) is 5.33 Å². The maximum atomic E-state index is 13.1. The lowest BCUT2D eigenvalue weighted by Crippen LogP contribution is -2.30. The van der Waals surface area contributed by atoms with E-state index in [2.05, 4.69) is 15.9 Å². The monoisotopic (exact) mass is 246 g/mol. The number of para-hydroxylation sites is 1. The van der Waals surface area contributed by atoms with Gasteiger partial charge in [-0.05, 0) is 26.0 Å². The van der Waals surface area contributed by atoms with Gasteiger partial charge in [-0.2, -0.15) is 0 Å². The van der Waals surface area contributed by atoms with Crippen LogP contribution in [0.25, 0.3) is 0 Å². The molecule has 0 radical (unpaired) electrons. The Balaban J connectivity index is 2.80. The Morgan fingerprint density at radius 2 is 2.00 bits per heavy atom. The fraction of sp³-hybridized carbons (Fsp3) is 0.400. The van der Waals surface area contributed by atoms with E-state index in [0.29, 0.717) is 11.1 Å². The number of hydrogen-bond donors (Lipinski definition) is 0. The third-order valence-electron chi connectivity index (χ3n) is 1.54. The summed E-state index contributed by atoms with van der Waals surface area (Å²) in [6.45, 7) is 3.79. The van der Waals surface area contributed by atoms with Crippen molar-refractivity contribution < 1.29 is 9.13 Å². The molecule has 1 rings (SSSR count). The van der Waals surface area contributed by atoms with E-state index in [9.17, 15) is 4.39 Å². The first-order chi connectivity index (χ1) is 6.05. The Morgan fingerprint density at radius 1 is 1.38 bits per heavy atom. The maximum absolute atomic E-state index is 13.1. The first-order valence-corrected chi connectivity index (χ1v) is 5.17. The molecule has 0 spiro atoms. The number of alkyl halides is 1. The van der Waals surface area contributed by atoms with Crippen molar-refractivity contribution in [2.45, 2.75) is 19.4 Å². The number of rotatable bonds is 3. The van der Waals surface area contributed by atoms with Crippen molar-refractivity contribution in [1.82, 2.24) is 0 Å². The second-order valence-corrected chi connectivity index (χ2v) is 3.99. The summed E-state index contributed by atoms with van der Waals surface area (Å²) < 4.78 is 18.6. The van der Waals surface area contributed by atoms with Crippen LogP contribution in [0.1, 0.15) is 13.8 Å². The fourth-order valence-corrected chi connectivity index (χ4v) is 0.967. The van der Waals surface area contributed by atoms with E-state index >= 15 is 0 Å².